The van der Waals surface area contributed by atoms with Crippen LogP contribution in [-0.4, -0.2) is 18.3 Å². The molecule has 1 aromatic rings. The molecular formula is C20H29BO2. The zero-order chi connectivity index (χ0) is 16.8. The van der Waals surface area contributed by atoms with Crippen LogP contribution in [0.3, 0.4) is 0 Å². The Kier molecular flexibility index (Phi) is 2.89. The first-order valence-electron chi connectivity index (χ1n) is 8.94. The average molecular weight is 312 g/mol. The van der Waals surface area contributed by atoms with Gasteiger partial charge in [0.15, 0.2) is 0 Å². The first-order valence-corrected chi connectivity index (χ1v) is 8.94. The largest absolute Gasteiger partial charge is 0.464 e. The van der Waals surface area contributed by atoms with Crippen LogP contribution >= 0.6 is 0 Å². The van der Waals surface area contributed by atoms with E-state index >= 15 is 0 Å². The number of benzene rings is 1. The second kappa shape index (κ2) is 4.24. The van der Waals surface area contributed by atoms with E-state index in [9.17, 15) is 0 Å². The Morgan fingerprint density at radius 2 is 1.26 bits per heavy atom. The smallest absolute Gasteiger partial charge is 0.403 e. The van der Waals surface area contributed by atoms with Gasteiger partial charge in [0.25, 0.3) is 0 Å². The molecule has 3 heteroatoms. The van der Waals surface area contributed by atoms with E-state index in [-0.39, 0.29) is 23.6 Å². The third kappa shape index (κ3) is 1.90. The zero-order valence-corrected chi connectivity index (χ0v) is 15.7. The van der Waals surface area contributed by atoms with Crippen molar-refractivity contribution in [3.8, 4) is 0 Å². The van der Waals surface area contributed by atoms with Crippen LogP contribution in [0.2, 0.25) is 5.31 Å². The Bertz CT molecular complexity index is 653. The van der Waals surface area contributed by atoms with Gasteiger partial charge in [0.2, 0.25) is 0 Å². The van der Waals surface area contributed by atoms with Crippen LogP contribution in [0.4, 0.5) is 0 Å². The van der Waals surface area contributed by atoms with Crippen molar-refractivity contribution in [2.45, 2.75) is 89.7 Å². The molecule has 3 aliphatic carbocycles. The number of aryl methyl sites for hydroxylation is 3. The summed E-state index contributed by atoms with van der Waals surface area (Å²) in [6, 6.07) is 4.78. The van der Waals surface area contributed by atoms with Gasteiger partial charge in [-0.05, 0) is 95.4 Å². The SMILES string of the molecule is Cc1cc(C)c(C23CC(B4OC(C)(C)C(C)(C)O4)(C2)C3)cc1C. The van der Waals surface area contributed by atoms with E-state index in [1.807, 2.05) is 0 Å². The standard InChI is InChI=1S/C20H29BO2/c1-13-8-15(3)16(9-14(13)2)19-10-20(11-19,12-19)21-22-17(4,5)18(6,7)23-21/h8-9H,10-12H2,1-7H3. The Balaban J connectivity index is 1.55. The fraction of sp³-hybridized carbons (Fsp3) is 0.700. The predicted molar refractivity (Wildman–Crippen MR) is 95.0 cm³/mol. The Morgan fingerprint density at radius 1 is 0.783 bits per heavy atom. The molecule has 23 heavy (non-hydrogen) atoms. The molecule has 1 saturated heterocycles. The van der Waals surface area contributed by atoms with Gasteiger partial charge in [0.1, 0.15) is 0 Å². The lowest BCUT2D eigenvalue weighted by atomic mass is 9.23. The van der Waals surface area contributed by atoms with Gasteiger partial charge in [-0.15, -0.1) is 0 Å². The highest BCUT2D eigenvalue weighted by atomic mass is 16.7. The van der Waals surface area contributed by atoms with Gasteiger partial charge in [0.05, 0.1) is 11.2 Å². The van der Waals surface area contributed by atoms with E-state index < -0.39 is 0 Å². The van der Waals surface area contributed by atoms with Crippen LogP contribution in [0.5, 0.6) is 0 Å². The number of hydrogen-bond donors (Lipinski definition) is 0. The Morgan fingerprint density at radius 3 is 1.78 bits per heavy atom. The molecule has 2 bridgehead atoms. The van der Waals surface area contributed by atoms with Gasteiger partial charge in [-0.25, -0.2) is 0 Å². The van der Waals surface area contributed by atoms with Crippen LogP contribution in [0.25, 0.3) is 0 Å². The Hall–Kier alpha value is -0.795. The van der Waals surface area contributed by atoms with Gasteiger partial charge >= 0.3 is 7.12 Å². The third-order valence-electron chi connectivity index (χ3n) is 7.24. The quantitative estimate of drug-likeness (QED) is 0.725. The van der Waals surface area contributed by atoms with Crippen LogP contribution in [-0.2, 0) is 14.7 Å². The monoisotopic (exact) mass is 312 g/mol. The minimum atomic E-state index is -0.212. The lowest BCUT2D eigenvalue weighted by molar-refractivity contribution is -0.0388. The minimum Gasteiger partial charge on any atom is -0.403 e. The molecule has 0 N–H and O–H groups in total. The molecule has 0 radical (unpaired) electrons. The van der Waals surface area contributed by atoms with E-state index in [0.717, 1.165) is 0 Å². The van der Waals surface area contributed by atoms with Crippen LogP contribution in [0.1, 0.15) is 69.2 Å². The van der Waals surface area contributed by atoms with E-state index in [1.54, 1.807) is 5.56 Å². The van der Waals surface area contributed by atoms with Gasteiger partial charge in [-0.1, -0.05) is 12.1 Å². The highest BCUT2D eigenvalue weighted by molar-refractivity contribution is 6.51. The third-order valence-corrected chi connectivity index (χ3v) is 7.24. The second-order valence-corrected chi connectivity index (χ2v) is 9.51. The summed E-state index contributed by atoms with van der Waals surface area (Å²) in [5.74, 6) is 0. The summed E-state index contributed by atoms with van der Waals surface area (Å²) in [6.45, 7) is 15.3. The molecule has 124 valence electrons. The molecule has 5 rings (SSSR count). The molecule has 0 amide bonds. The van der Waals surface area contributed by atoms with E-state index in [4.69, 9.17) is 9.31 Å². The maximum Gasteiger partial charge on any atom is 0.464 e. The molecule has 3 saturated carbocycles. The summed E-state index contributed by atoms with van der Waals surface area (Å²) < 4.78 is 12.7. The first-order chi connectivity index (χ1) is 10.5. The molecule has 0 unspecified atom stereocenters. The highest BCUT2D eigenvalue weighted by Crippen LogP contribution is 2.81. The van der Waals surface area contributed by atoms with Crippen LogP contribution < -0.4 is 0 Å². The lowest BCUT2D eigenvalue weighted by Crippen LogP contribution is -2.66. The van der Waals surface area contributed by atoms with Crippen molar-refractivity contribution in [2.75, 3.05) is 0 Å². The number of rotatable bonds is 2. The summed E-state index contributed by atoms with van der Waals surface area (Å²) in [5, 5.41) is 0.260. The van der Waals surface area contributed by atoms with Crippen molar-refractivity contribution >= 4 is 7.12 Å². The minimum absolute atomic E-state index is 0.0266. The van der Waals surface area contributed by atoms with Crippen molar-refractivity contribution in [1.29, 1.82) is 0 Å². The van der Waals surface area contributed by atoms with E-state index in [1.165, 1.54) is 36.0 Å². The molecule has 1 heterocycles. The van der Waals surface area contributed by atoms with Crippen LogP contribution in [0, 0.1) is 20.8 Å². The van der Waals surface area contributed by atoms with Gasteiger partial charge < -0.3 is 9.31 Å². The molecule has 4 aliphatic rings. The molecule has 4 fully saturated rings. The highest BCUT2D eigenvalue weighted by Gasteiger charge is 2.76. The predicted octanol–water partition coefficient (Wildman–Crippen LogP) is 4.88. The normalized spacial score (nSPS) is 36.6. The molecule has 0 atom stereocenters. The average Bonchev–Trinajstić information content (AvgIpc) is 2.51. The fourth-order valence-corrected chi connectivity index (χ4v) is 5.03. The molecule has 0 spiro atoms. The van der Waals surface area contributed by atoms with Gasteiger partial charge in [0, 0.05) is 5.31 Å². The summed E-state index contributed by atoms with van der Waals surface area (Å²) in [7, 11) is -0.0266. The van der Waals surface area contributed by atoms with Crippen molar-refractivity contribution in [3.05, 3.63) is 34.4 Å². The second-order valence-electron chi connectivity index (χ2n) is 9.51. The van der Waals surface area contributed by atoms with E-state index in [2.05, 4.69) is 60.6 Å². The molecule has 2 nitrogen and oxygen atoms in total. The topological polar surface area (TPSA) is 18.5 Å². The summed E-state index contributed by atoms with van der Waals surface area (Å²) in [6.07, 6.45) is 3.67. The summed E-state index contributed by atoms with van der Waals surface area (Å²) >= 11 is 0. The van der Waals surface area contributed by atoms with Gasteiger partial charge in [-0.3, -0.25) is 0 Å². The molecule has 1 aliphatic heterocycles. The summed E-state index contributed by atoms with van der Waals surface area (Å²) in [5.41, 5.74) is 5.81. The van der Waals surface area contributed by atoms with Crippen molar-refractivity contribution in [1.82, 2.24) is 0 Å². The van der Waals surface area contributed by atoms with Gasteiger partial charge in [-0.2, -0.15) is 0 Å². The maximum atomic E-state index is 6.34. The Labute approximate surface area is 141 Å². The zero-order valence-electron chi connectivity index (χ0n) is 15.7. The molecule has 1 aromatic carbocycles. The first kappa shape index (κ1) is 15.7. The fourth-order valence-electron chi connectivity index (χ4n) is 5.03. The lowest BCUT2D eigenvalue weighted by Gasteiger charge is -2.71. The van der Waals surface area contributed by atoms with Crippen molar-refractivity contribution in [2.24, 2.45) is 0 Å². The molecular weight excluding hydrogens is 283 g/mol. The maximum absolute atomic E-state index is 6.34. The number of hydrogen-bond acceptors (Lipinski definition) is 2. The van der Waals surface area contributed by atoms with Crippen molar-refractivity contribution in [3.63, 3.8) is 0 Å². The molecule has 0 aromatic heterocycles. The van der Waals surface area contributed by atoms with E-state index in [0.29, 0.717) is 5.41 Å². The van der Waals surface area contributed by atoms with Crippen molar-refractivity contribution < 1.29 is 9.31 Å². The van der Waals surface area contributed by atoms with Crippen LogP contribution in [0.15, 0.2) is 12.1 Å². The summed E-state index contributed by atoms with van der Waals surface area (Å²) in [4.78, 5) is 0.